The molecular formula is C17H26Cl2N6OS. The number of nitrogens with one attached hydrogen (secondary N) is 2. The monoisotopic (exact) mass is 432 g/mol. The number of hydrogen-bond acceptors (Lipinski definition) is 6. The summed E-state index contributed by atoms with van der Waals surface area (Å²) in [4.78, 5) is 17.4. The maximum Gasteiger partial charge on any atom is 0.274 e. The zero-order chi connectivity index (χ0) is 17.3. The standard InChI is InChI=1S/C17H24N6OS.2ClH/c1-12-14(21-22-23(12)13-4-8-18-9-5-13)15(24)20-17(6-2-3-7-17)16-19-10-11-25-16;;/h10-11,13,18H,2-9H2,1H3,(H,20,24);2*1H. The van der Waals surface area contributed by atoms with Gasteiger partial charge in [-0.2, -0.15) is 0 Å². The summed E-state index contributed by atoms with van der Waals surface area (Å²) >= 11 is 1.61. The summed E-state index contributed by atoms with van der Waals surface area (Å²) in [5, 5.41) is 18.1. The normalized spacial score (nSPS) is 19.1. The number of thiazole rings is 1. The lowest BCUT2D eigenvalue weighted by Crippen LogP contribution is -2.44. The highest BCUT2D eigenvalue weighted by atomic mass is 35.5. The molecule has 0 radical (unpaired) electrons. The van der Waals surface area contributed by atoms with Crippen molar-refractivity contribution in [3.8, 4) is 0 Å². The molecule has 2 aromatic rings. The van der Waals surface area contributed by atoms with Crippen LogP contribution in [0.25, 0.3) is 0 Å². The number of amides is 1. The highest BCUT2D eigenvalue weighted by molar-refractivity contribution is 7.09. The van der Waals surface area contributed by atoms with Crippen LogP contribution in [0.4, 0.5) is 0 Å². The predicted molar refractivity (Wildman–Crippen MR) is 110 cm³/mol. The molecule has 10 heteroatoms. The van der Waals surface area contributed by atoms with E-state index >= 15 is 0 Å². The zero-order valence-electron chi connectivity index (χ0n) is 15.3. The molecule has 1 saturated carbocycles. The van der Waals surface area contributed by atoms with Crippen molar-refractivity contribution in [2.75, 3.05) is 13.1 Å². The minimum atomic E-state index is -0.337. The largest absolute Gasteiger partial charge is 0.339 e. The van der Waals surface area contributed by atoms with Gasteiger partial charge in [0.15, 0.2) is 5.69 Å². The summed E-state index contributed by atoms with van der Waals surface area (Å²) in [6.45, 7) is 3.92. The molecular weight excluding hydrogens is 407 g/mol. The summed E-state index contributed by atoms with van der Waals surface area (Å²) < 4.78 is 1.93. The van der Waals surface area contributed by atoms with Gasteiger partial charge in [-0.1, -0.05) is 18.1 Å². The van der Waals surface area contributed by atoms with Crippen molar-refractivity contribution in [3.05, 3.63) is 28.0 Å². The summed E-state index contributed by atoms with van der Waals surface area (Å²) in [6, 6.07) is 0.328. The lowest BCUT2D eigenvalue weighted by atomic mass is 9.98. The topological polar surface area (TPSA) is 84.7 Å². The first kappa shape index (κ1) is 22.1. The van der Waals surface area contributed by atoms with Gasteiger partial charge in [0, 0.05) is 11.6 Å². The van der Waals surface area contributed by atoms with E-state index in [-0.39, 0.29) is 36.3 Å². The van der Waals surface area contributed by atoms with E-state index in [1.807, 2.05) is 23.2 Å². The first-order valence-corrected chi connectivity index (χ1v) is 9.92. The average molecular weight is 433 g/mol. The van der Waals surface area contributed by atoms with E-state index in [0.29, 0.717) is 11.7 Å². The Bertz CT molecular complexity index is 739. The SMILES string of the molecule is Cc1c(C(=O)NC2(c3nccs3)CCCC2)nnn1C1CCNCC1.Cl.Cl. The molecule has 4 rings (SSSR count). The molecule has 0 spiro atoms. The smallest absolute Gasteiger partial charge is 0.274 e. The van der Waals surface area contributed by atoms with Crippen LogP contribution >= 0.6 is 36.2 Å². The van der Waals surface area contributed by atoms with E-state index in [1.165, 1.54) is 0 Å². The lowest BCUT2D eigenvalue weighted by Gasteiger charge is -2.28. The Morgan fingerprint density at radius 3 is 2.63 bits per heavy atom. The Morgan fingerprint density at radius 1 is 1.30 bits per heavy atom. The van der Waals surface area contributed by atoms with Crippen molar-refractivity contribution >= 4 is 42.1 Å². The van der Waals surface area contributed by atoms with E-state index < -0.39 is 0 Å². The van der Waals surface area contributed by atoms with Crippen LogP contribution in [-0.4, -0.2) is 39.0 Å². The fourth-order valence-electron chi connectivity index (χ4n) is 4.06. The molecule has 27 heavy (non-hydrogen) atoms. The van der Waals surface area contributed by atoms with Gasteiger partial charge in [-0.05, 0) is 45.7 Å². The van der Waals surface area contributed by atoms with Gasteiger partial charge in [-0.25, -0.2) is 9.67 Å². The number of piperidine rings is 1. The number of nitrogens with zero attached hydrogens (tertiary/aromatic N) is 4. The van der Waals surface area contributed by atoms with E-state index in [2.05, 4.69) is 25.9 Å². The summed E-state index contributed by atoms with van der Waals surface area (Å²) in [6.07, 6.45) is 7.95. The Hall–Kier alpha value is -1.22. The molecule has 1 saturated heterocycles. The van der Waals surface area contributed by atoms with Crippen molar-refractivity contribution < 1.29 is 4.79 Å². The number of rotatable bonds is 4. The van der Waals surface area contributed by atoms with Gasteiger partial charge in [-0.3, -0.25) is 4.79 Å². The second-order valence-electron chi connectivity index (χ2n) is 7.03. The van der Waals surface area contributed by atoms with Crippen molar-refractivity contribution in [2.24, 2.45) is 0 Å². The van der Waals surface area contributed by atoms with Crippen LogP contribution in [0.15, 0.2) is 11.6 Å². The molecule has 1 aliphatic carbocycles. The average Bonchev–Trinajstić information content (AvgIpc) is 3.36. The van der Waals surface area contributed by atoms with Gasteiger partial charge in [0.25, 0.3) is 5.91 Å². The quantitative estimate of drug-likeness (QED) is 0.775. The second-order valence-corrected chi connectivity index (χ2v) is 7.92. The van der Waals surface area contributed by atoms with Crippen LogP contribution in [0, 0.1) is 6.92 Å². The molecule has 2 N–H and O–H groups in total. The number of carbonyl (C=O) groups is 1. The Kier molecular flexibility index (Phi) is 7.62. The zero-order valence-corrected chi connectivity index (χ0v) is 17.8. The van der Waals surface area contributed by atoms with Crippen molar-refractivity contribution in [1.29, 1.82) is 0 Å². The number of carbonyl (C=O) groups excluding carboxylic acids is 1. The van der Waals surface area contributed by atoms with Gasteiger partial charge in [0.05, 0.1) is 17.3 Å². The summed E-state index contributed by atoms with van der Waals surface area (Å²) in [5.41, 5.74) is 0.967. The van der Waals surface area contributed by atoms with Crippen LogP contribution in [0.1, 0.15) is 65.8 Å². The fraction of sp³-hybridized carbons (Fsp3) is 0.647. The molecule has 1 amide bonds. The first-order chi connectivity index (χ1) is 12.2. The number of hydrogen-bond donors (Lipinski definition) is 2. The molecule has 0 atom stereocenters. The summed E-state index contributed by atoms with van der Waals surface area (Å²) in [5.74, 6) is -0.130. The Morgan fingerprint density at radius 2 is 2.00 bits per heavy atom. The molecule has 1 aliphatic heterocycles. The Balaban J connectivity index is 0.00000131. The number of halogens is 2. The molecule has 2 aliphatic rings. The maximum absolute atomic E-state index is 13.0. The molecule has 0 bridgehead atoms. The molecule has 7 nitrogen and oxygen atoms in total. The Labute approximate surface area is 175 Å². The van der Waals surface area contributed by atoms with Crippen molar-refractivity contribution in [2.45, 2.75) is 57.0 Å². The van der Waals surface area contributed by atoms with E-state index in [1.54, 1.807) is 11.3 Å². The third-order valence-electron chi connectivity index (χ3n) is 5.45. The third kappa shape index (κ3) is 4.29. The third-order valence-corrected chi connectivity index (χ3v) is 6.43. The van der Waals surface area contributed by atoms with Gasteiger partial charge in [-0.15, -0.1) is 41.2 Å². The lowest BCUT2D eigenvalue weighted by molar-refractivity contribution is 0.0892. The van der Waals surface area contributed by atoms with Crippen LogP contribution < -0.4 is 10.6 Å². The minimum Gasteiger partial charge on any atom is -0.339 e. The second kappa shape index (κ2) is 9.32. The number of aromatic nitrogens is 4. The van der Waals surface area contributed by atoms with Crippen LogP contribution in [0.3, 0.4) is 0 Å². The molecule has 3 heterocycles. The van der Waals surface area contributed by atoms with Gasteiger partial charge < -0.3 is 10.6 Å². The van der Waals surface area contributed by atoms with Crippen molar-refractivity contribution in [3.63, 3.8) is 0 Å². The van der Waals surface area contributed by atoms with Gasteiger partial charge >= 0.3 is 0 Å². The molecule has 0 aromatic carbocycles. The van der Waals surface area contributed by atoms with Crippen LogP contribution in [-0.2, 0) is 5.54 Å². The van der Waals surface area contributed by atoms with E-state index in [4.69, 9.17) is 0 Å². The van der Waals surface area contributed by atoms with Gasteiger partial charge in [0.2, 0.25) is 0 Å². The predicted octanol–water partition coefficient (Wildman–Crippen LogP) is 3.01. The minimum absolute atomic E-state index is 0. The van der Waals surface area contributed by atoms with Gasteiger partial charge in [0.1, 0.15) is 5.01 Å². The van der Waals surface area contributed by atoms with E-state index in [9.17, 15) is 4.79 Å². The highest BCUT2D eigenvalue weighted by Gasteiger charge is 2.40. The molecule has 150 valence electrons. The van der Waals surface area contributed by atoms with Crippen LogP contribution in [0.2, 0.25) is 0 Å². The van der Waals surface area contributed by atoms with Crippen molar-refractivity contribution in [1.82, 2.24) is 30.6 Å². The summed E-state index contributed by atoms with van der Waals surface area (Å²) in [7, 11) is 0. The molecule has 0 unspecified atom stereocenters. The maximum atomic E-state index is 13.0. The van der Waals surface area contributed by atoms with Crippen LogP contribution in [0.5, 0.6) is 0 Å². The van der Waals surface area contributed by atoms with E-state index in [0.717, 1.165) is 62.3 Å². The highest BCUT2D eigenvalue weighted by Crippen LogP contribution is 2.39. The molecule has 2 fully saturated rings. The first-order valence-electron chi connectivity index (χ1n) is 9.05. The molecule has 2 aromatic heterocycles. The fourth-order valence-corrected chi connectivity index (χ4v) is 4.91.